The minimum Gasteiger partial charge on any atom is -0.340 e. The molecule has 0 aromatic carbocycles. The minimum atomic E-state index is 0.771. The number of anilines is 1. The number of pyridine rings is 1. The molecule has 0 amide bonds. The van der Waals surface area contributed by atoms with Crippen molar-refractivity contribution in [1.82, 2.24) is 25.5 Å². The van der Waals surface area contributed by atoms with Gasteiger partial charge in [0.2, 0.25) is 5.95 Å². The third kappa shape index (κ3) is 2.80. The number of aromatic amines is 1. The van der Waals surface area contributed by atoms with Crippen LogP contribution in [0, 0.1) is 5.92 Å². The second-order valence-electron chi connectivity index (χ2n) is 5.21. The van der Waals surface area contributed by atoms with Crippen molar-refractivity contribution in [2.75, 3.05) is 31.6 Å². The smallest absolute Gasteiger partial charge is 0.245 e. The van der Waals surface area contributed by atoms with E-state index in [0.29, 0.717) is 0 Å². The van der Waals surface area contributed by atoms with E-state index in [1.165, 1.54) is 12.8 Å². The van der Waals surface area contributed by atoms with Gasteiger partial charge < -0.3 is 10.2 Å². The fraction of sp³-hybridized carbons (Fsp3) is 0.500. The minimum absolute atomic E-state index is 0.771. The first-order valence-corrected chi connectivity index (χ1v) is 7.09. The monoisotopic (exact) mass is 272 g/mol. The highest BCUT2D eigenvalue weighted by Crippen LogP contribution is 2.22. The molecule has 0 unspecified atom stereocenters. The highest BCUT2D eigenvalue weighted by atomic mass is 15.4. The van der Waals surface area contributed by atoms with Gasteiger partial charge in [0, 0.05) is 31.0 Å². The van der Waals surface area contributed by atoms with Gasteiger partial charge in [-0.3, -0.25) is 10.1 Å². The Labute approximate surface area is 118 Å². The van der Waals surface area contributed by atoms with Gasteiger partial charge in [-0.15, -0.1) is 5.10 Å². The lowest BCUT2D eigenvalue weighted by Crippen LogP contribution is -2.37. The normalized spacial score (nSPS) is 16.6. The second-order valence-corrected chi connectivity index (χ2v) is 5.21. The van der Waals surface area contributed by atoms with Crippen LogP contribution >= 0.6 is 0 Å². The third-order valence-corrected chi connectivity index (χ3v) is 3.80. The van der Waals surface area contributed by atoms with Crippen molar-refractivity contribution in [3.8, 4) is 11.4 Å². The molecule has 106 valence electrons. The molecule has 2 aromatic heterocycles. The van der Waals surface area contributed by atoms with E-state index in [9.17, 15) is 0 Å². The highest BCUT2D eigenvalue weighted by molar-refractivity contribution is 5.54. The summed E-state index contributed by atoms with van der Waals surface area (Å²) in [5, 5.41) is 10.6. The topological polar surface area (TPSA) is 69.7 Å². The van der Waals surface area contributed by atoms with Crippen LogP contribution in [0.25, 0.3) is 11.4 Å². The molecule has 0 saturated carbocycles. The van der Waals surface area contributed by atoms with Gasteiger partial charge in [0.05, 0.1) is 0 Å². The average Bonchev–Trinajstić information content (AvgIpc) is 2.99. The Bertz CT molecular complexity index is 530. The molecule has 2 N–H and O–H groups in total. The molecule has 6 heteroatoms. The van der Waals surface area contributed by atoms with Crippen molar-refractivity contribution >= 4 is 5.95 Å². The molecule has 3 heterocycles. The molecule has 6 nitrogen and oxygen atoms in total. The van der Waals surface area contributed by atoms with Gasteiger partial charge in [-0.1, -0.05) is 0 Å². The molecule has 2 aromatic rings. The van der Waals surface area contributed by atoms with Crippen molar-refractivity contribution in [2.45, 2.75) is 12.8 Å². The fourth-order valence-corrected chi connectivity index (χ4v) is 2.65. The maximum atomic E-state index is 4.58. The van der Waals surface area contributed by atoms with Gasteiger partial charge in [-0.05, 0) is 44.5 Å². The van der Waals surface area contributed by atoms with Gasteiger partial charge in [-0.2, -0.15) is 4.98 Å². The van der Waals surface area contributed by atoms with Crippen LogP contribution in [0.3, 0.4) is 0 Å². The molecule has 0 bridgehead atoms. The standard InChI is InChI=1S/C14H20N6/c1-15-9-11-4-7-20(8-5-11)14-17-13(18-19-14)12-3-2-6-16-10-12/h2-3,6,10-11,15H,4-5,7-9H2,1H3,(H,17,18,19). The van der Waals surface area contributed by atoms with E-state index in [0.717, 1.165) is 42.9 Å². The summed E-state index contributed by atoms with van der Waals surface area (Å²) in [7, 11) is 2.02. The van der Waals surface area contributed by atoms with E-state index < -0.39 is 0 Å². The Morgan fingerprint density at radius 3 is 2.95 bits per heavy atom. The summed E-state index contributed by atoms with van der Waals surface area (Å²) in [6, 6.07) is 3.89. The largest absolute Gasteiger partial charge is 0.340 e. The maximum Gasteiger partial charge on any atom is 0.245 e. The first kappa shape index (κ1) is 13.1. The van der Waals surface area contributed by atoms with E-state index in [1.807, 2.05) is 19.2 Å². The summed E-state index contributed by atoms with van der Waals surface area (Å²) in [5.74, 6) is 2.35. The van der Waals surface area contributed by atoms with Crippen LogP contribution in [0.5, 0.6) is 0 Å². The fourth-order valence-electron chi connectivity index (χ4n) is 2.65. The molecule has 20 heavy (non-hydrogen) atoms. The quantitative estimate of drug-likeness (QED) is 0.878. The zero-order chi connectivity index (χ0) is 13.8. The van der Waals surface area contributed by atoms with E-state index in [4.69, 9.17) is 0 Å². The van der Waals surface area contributed by atoms with Crippen molar-refractivity contribution < 1.29 is 0 Å². The number of hydrogen-bond donors (Lipinski definition) is 2. The maximum absolute atomic E-state index is 4.58. The van der Waals surface area contributed by atoms with Crippen molar-refractivity contribution in [2.24, 2.45) is 5.92 Å². The van der Waals surface area contributed by atoms with Crippen LogP contribution in [0.1, 0.15) is 12.8 Å². The van der Waals surface area contributed by atoms with E-state index in [-0.39, 0.29) is 0 Å². The lowest BCUT2D eigenvalue weighted by atomic mass is 9.97. The number of nitrogens with zero attached hydrogens (tertiary/aromatic N) is 4. The number of piperidine rings is 1. The van der Waals surface area contributed by atoms with Crippen LogP contribution in [0.2, 0.25) is 0 Å². The van der Waals surface area contributed by atoms with Crippen LogP contribution in [0.15, 0.2) is 24.5 Å². The predicted molar refractivity (Wildman–Crippen MR) is 78.5 cm³/mol. The zero-order valence-corrected chi connectivity index (χ0v) is 11.7. The van der Waals surface area contributed by atoms with E-state index in [1.54, 1.807) is 12.4 Å². The van der Waals surface area contributed by atoms with Crippen molar-refractivity contribution in [3.05, 3.63) is 24.5 Å². The number of nitrogens with one attached hydrogen (secondary N) is 2. The molecule has 0 radical (unpaired) electrons. The lowest BCUT2D eigenvalue weighted by Gasteiger charge is -2.30. The Morgan fingerprint density at radius 1 is 1.40 bits per heavy atom. The first-order chi connectivity index (χ1) is 9.86. The van der Waals surface area contributed by atoms with Gasteiger partial charge in [-0.25, -0.2) is 0 Å². The molecule has 1 saturated heterocycles. The van der Waals surface area contributed by atoms with Gasteiger partial charge in [0.1, 0.15) is 0 Å². The Morgan fingerprint density at radius 2 is 2.25 bits per heavy atom. The molecular weight excluding hydrogens is 252 g/mol. The summed E-state index contributed by atoms with van der Waals surface area (Å²) in [4.78, 5) is 10.9. The predicted octanol–water partition coefficient (Wildman–Crippen LogP) is 1.30. The molecule has 0 aliphatic carbocycles. The summed E-state index contributed by atoms with van der Waals surface area (Å²) < 4.78 is 0. The van der Waals surface area contributed by atoms with E-state index >= 15 is 0 Å². The molecule has 1 aliphatic rings. The average molecular weight is 272 g/mol. The lowest BCUT2D eigenvalue weighted by molar-refractivity contribution is 0.391. The third-order valence-electron chi connectivity index (χ3n) is 3.80. The number of rotatable bonds is 4. The summed E-state index contributed by atoms with van der Waals surface area (Å²) >= 11 is 0. The van der Waals surface area contributed by atoms with Crippen LogP contribution < -0.4 is 10.2 Å². The molecular formula is C14H20N6. The second kappa shape index (κ2) is 6.00. The summed E-state index contributed by atoms with van der Waals surface area (Å²) in [5.41, 5.74) is 0.969. The van der Waals surface area contributed by atoms with Gasteiger partial charge >= 0.3 is 0 Å². The number of hydrogen-bond acceptors (Lipinski definition) is 5. The van der Waals surface area contributed by atoms with Crippen LogP contribution in [-0.2, 0) is 0 Å². The molecule has 3 rings (SSSR count). The molecule has 1 aliphatic heterocycles. The van der Waals surface area contributed by atoms with Crippen molar-refractivity contribution in [3.63, 3.8) is 0 Å². The zero-order valence-electron chi connectivity index (χ0n) is 11.7. The van der Waals surface area contributed by atoms with Crippen LogP contribution in [0.4, 0.5) is 5.95 Å². The Hall–Kier alpha value is -1.95. The van der Waals surface area contributed by atoms with Crippen LogP contribution in [-0.4, -0.2) is 46.8 Å². The summed E-state index contributed by atoms with van der Waals surface area (Å²) in [6.45, 7) is 3.15. The van der Waals surface area contributed by atoms with Crippen molar-refractivity contribution in [1.29, 1.82) is 0 Å². The number of H-pyrrole nitrogens is 1. The SMILES string of the molecule is CNCC1CCN(c2n[nH]c(-c3cccnc3)n2)CC1. The summed E-state index contributed by atoms with van der Waals surface area (Å²) in [6.07, 6.45) is 5.94. The molecule has 0 spiro atoms. The van der Waals surface area contributed by atoms with E-state index in [2.05, 4.69) is 30.4 Å². The van der Waals surface area contributed by atoms with Gasteiger partial charge in [0.15, 0.2) is 5.82 Å². The number of aromatic nitrogens is 4. The van der Waals surface area contributed by atoms with Gasteiger partial charge in [0.25, 0.3) is 0 Å². The Kier molecular flexibility index (Phi) is 3.92. The molecule has 0 atom stereocenters. The molecule has 1 fully saturated rings. The first-order valence-electron chi connectivity index (χ1n) is 7.09. The Balaban J connectivity index is 1.66. The highest BCUT2D eigenvalue weighted by Gasteiger charge is 2.21.